The average molecular weight is 385 g/mol. The molecule has 1 amide bonds. The first-order chi connectivity index (χ1) is 12.9. The Hall–Kier alpha value is -2.73. The van der Waals surface area contributed by atoms with Gasteiger partial charge in [0.15, 0.2) is 6.10 Å². The number of aryl methyl sites for hydroxylation is 1. The van der Waals surface area contributed by atoms with Crippen LogP contribution >= 0.6 is 11.8 Å². The Morgan fingerprint density at radius 3 is 2.48 bits per heavy atom. The Bertz CT molecular complexity index is 831. The van der Waals surface area contributed by atoms with Crippen LogP contribution in [0.15, 0.2) is 53.4 Å². The molecule has 1 N–H and O–H groups in total. The number of carbonyl (C=O) groups excluding carboxylic acids is 2. The molecule has 27 heavy (non-hydrogen) atoms. The fraction of sp³-hybridized carbons (Fsp3) is 0.238. The van der Waals surface area contributed by atoms with Crippen LogP contribution in [0.1, 0.15) is 18.1 Å². The number of carbonyl (C=O) groups is 2. The number of esters is 1. The van der Waals surface area contributed by atoms with Crippen LogP contribution in [0.2, 0.25) is 0 Å². The van der Waals surface area contributed by atoms with E-state index in [1.54, 1.807) is 30.0 Å². The van der Waals surface area contributed by atoms with Crippen LogP contribution < -0.4 is 10.1 Å². The Kier molecular flexibility index (Phi) is 7.49. The maximum atomic E-state index is 12.3. The number of methoxy groups -OCH3 is 1. The number of nitrogens with one attached hydrogen (secondary N) is 1. The molecular formula is C21H23NO4S. The molecule has 1 atom stereocenters. The summed E-state index contributed by atoms with van der Waals surface area (Å²) in [6, 6.07) is 13.2. The van der Waals surface area contributed by atoms with Crippen molar-refractivity contribution in [2.24, 2.45) is 0 Å². The summed E-state index contributed by atoms with van der Waals surface area (Å²) < 4.78 is 10.4. The first kappa shape index (κ1) is 20.6. The molecular weight excluding hydrogens is 362 g/mol. The summed E-state index contributed by atoms with van der Waals surface area (Å²) in [6.07, 6.45) is 4.03. The maximum Gasteiger partial charge on any atom is 0.331 e. The molecule has 2 rings (SSSR count). The monoisotopic (exact) mass is 385 g/mol. The number of rotatable bonds is 7. The van der Waals surface area contributed by atoms with E-state index in [4.69, 9.17) is 9.47 Å². The summed E-state index contributed by atoms with van der Waals surface area (Å²) >= 11 is 1.65. The van der Waals surface area contributed by atoms with Crippen molar-refractivity contribution in [2.75, 3.05) is 18.7 Å². The first-order valence-corrected chi connectivity index (χ1v) is 9.63. The summed E-state index contributed by atoms with van der Waals surface area (Å²) in [4.78, 5) is 25.4. The van der Waals surface area contributed by atoms with Gasteiger partial charge < -0.3 is 14.8 Å². The quantitative estimate of drug-likeness (QED) is 0.437. The molecule has 0 aliphatic heterocycles. The average Bonchev–Trinajstić information content (AvgIpc) is 2.67. The Morgan fingerprint density at radius 1 is 1.15 bits per heavy atom. The topological polar surface area (TPSA) is 64.6 Å². The predicted octanol–water partition coefficient (Wildman–Crippen LogP) is 4.31. The zero-order valence-corrected chi connectivity index (χ0v) is 16.6. The van der Waals surface area contributed by atoms with E-state index in [1.165, 1.54) is 20.1 Å². The Balaban J connectivity index is 1.94. The Morgan fingerprint density at radius 2 is 1.85 bits per heavy atom. The van der Waals surface area contributed by atoms with Gasteiger partial charge in [-0.25, -0.2) is 4.79 Å². The SMILES string of the molecule is COc1ccc(C)cc1NC(=O)[C@@H](C)OC(=O)/C=C/c1ccc(SC)cc1. The van der Waals surface area contributed by atoms with Gasteiger partial charge in [0.1, 0.15) is 5.75 Å². The van der Waals surface area contributed by atoms with Crippen LogP contribution in [0.3, 0.4) is 0 Å². The highest BCUT2D eigenvalue weighted by molar-refractivity contribution is 7.98. The van der Waals surface area contributed by atoms with Gasteiger partial charge in [0.05, 0.1) is 12.8 Å². The summed E-state index contributed by atoms with van der Waals surface area (Å²) in [5, 5.41) is 2.73. The lowest BCUT2D eigenvalue weighted by Crippen LogP contribution is -2.29. The van der Waals surface area contributed by atoms with E-state index >= 15 is 0 Å². The number of anilines is 1. The molecule has 0 heterocycles. The van der Waals surface area contributed by atoms with Crippen molar-refractivity contribution in [1.29, 1.82) is 0 Å². The largest absolute Gasteiger partial charge is 0.495 e. The minimum Gasteiger partial charge on any atom is -0.495 e. The normalized spacial score (nSPS) is 11.9. The third-order valence-corrected chi connectivity index (χ3v) is 4.55. The van der Waals surface area contributed by atoms with E-state index < -0.39 is 18.0 Å². The molecule has 0 aliphatic rings. The van der Waals surface area contributed by atoms with Gasteiger partial charge in [-0.2, -0.15) is 0 Å². The predicted molar refractivity (Wildman–Crippen MR) is 109 cm³/mol. The number of benzene rings is 2. The van der Waals surface area contributed by atoms with E-state index in [-0.39, 0.29) is 0 Å². The van der Waals surface area contributed by atoms with E-state index in [0.717, 1.165) is 16.0 Å². The second-order valence-corrected chi connectivity index (χ2v) is 6.76. The molecule has 0 saturated carbocycles. The van der Waals surface area contributed by atoms with Crippen LogP contribution in [-0.4, -0.2) is 31.3 Å². The van der Waals surface area contributed by atoms with E-state index in [9.17, 15) is 9.59 Å². The van der Waals surface area contributed by atoms with Crippen molar-refractivity contribution >= 4 is 35.4 Å². The molecule has 0 spiro atoms. The maximum absolute atomic E-state index is 12.3. The molecule has 2 aromatic carbocycles. The zero-order chi connectivity index (χ0) is 19.8. The summed E-state index contributed by atoms with van der Waals surface area (Å²) in [5.41, 5.74) is 2.40. The molecule has 0 aliphatic carbocycles. The molecule has 142 valence electrons. The molecule has 0 bridgehead atoms. The van der Waals surface area contributed by atoms with E-state index in [1.807, 2.05) is 43.5 Å². The van der Waals surface area contributed by atoms with Gasteiger partial charge >= 0.3 is 5.97 Å². The van der Waals surface area contributed by atoms with Crippen LogP contribution in [-0.2, 0) is 14.3 Å². The second kappa shape index (κ2) is 9.83. The number of amides is 1. The highest BCUT2D eigenvalue weighted by Crippen LogP contribution is 2.25. The highest BCUT2D eigenvalue weighted by Gasteiger charge is 2.18. The van der Waals surface area contributed by atoms with Gasteiger partial charge in [-0.1, -0.05) is 18.2 Å². The summed E-state index contributed by atoms with van der Waals surface area (Å²) in [7, 11) is 1.53. The van der Waals surface area contributed by atoms with Crippen molar-refractivity contribution < 1.29 is 19.1 Å². The molecule has 5 nitrogen and oxygen atoms in total. The summed E-state index contributed by atoms with van der Waals surface area (Å²) in [5.74, 6) is -0.464. The lowest BCUT2D eigenvalue weighted by molar-refractivity contribution is -0.148. The number of ether oxygens (including phenoxy) is 2. The van der Waals surface area contributed by atoms with Crippen molar-refractivity contribution in [1.82, 2.24) is 0 Å². The third kappa shape index (κ3) is 6.18. The number of hydrogen-bond donors (Lipinski definition) is 1. The van der Waals surface area contributed by atoms with Gasteiger partial charge in [-0.15, -0.1) is 11.8 Å². The molecule has 6 heteroatoms. The van der Waals surface area contributed by atoms with E-state index in [2.05, 4.69) is 5.32 Å². The molecule has 0 saturated heterocycles. The van der Waals surface area contributed by atoms with Crippen LogP contribution in [0, 0.1) is 6.92 Å². The van der Waals surface area contributed by atoms with Gasteiger partial charge in [-0.3, -0.25) is 4.79 Å². The molecule has 2 aromatic rings. The van der Waals surface area contributed by atoms with Crippen molar-refractivity contribution in [3.05, 3.63) is 59.7 Å². The molecule has 0 fully saturated rings. The first-order valence-electron chi connectivity index (χ1n) is 8.41. The van der Waals surface area contributed by atoms with Crippen LogP contribution in [0.4, 0.5) is 5.69 Å². The smallest absolute Gasteiger partial charge is 0.331 e. The zero-order valence-electron chi connectivity index (χ0n) is 15.8. The minimum absolute atomic E-state index is 0.426. The van der Waals surface area contributed by atoms with Gasteiger partial charge in [0, 0.05) is 11.0 Å². The minimum atomic E-state index is -0.939. The lowest BCUT2D eigenvalue weighted by Gasteiger charge is -2.15. The number of thioether (sulfide) groups is 1. The van der Waals surface area contributed by atoms with Gasteiger partial charge in [0.25, 0.3) is 5.91 Å². The third-order valence-electron chi connectivity index (χ3n) is 3.80. The van der Waals surface area contributed by atoms with Crippen molar-refractivity contribution in [2.45, 2.75) is 24.8 Å². The number of hydrogen-bond acceptors (Lipinski definition) is 5. The van der Waals surface area contributed by atoms with E-state index in [0.29, 0.717) is 11.4 Å². The van der Waals surface area contributed by atoms with Crippen LogP contribution in [0.25, 0.3) is 6.08 Å². The molecule has 0 radical (unpaired) electrons. The van der Waals surface area contributed by atoms with Gasteiger partial charge in [0.2, 0.25) is 0 Å². The fourth-order valence-electron chi connectivity index (χ4n) is 2.30. The Labute approximate surface area is 163 Å². The second-order valence-electron chi connectivity index (χ2n) is 5.88. The van der Waals surface area contributed by atoms with Crippen molar-refractivity contribution in [3.8, 4) is 5.75 Å². The fourth-order valence-corrected chi connectivity index (χ4v) is 2.71. The molecule has 0 aromatic heterocycles. The standard InChI is InChI=1S/C21H23NO4S/c1-14-5-11-19(25-3)18(13-14)22-21(24)15(2)26-20(23)12-8-16-6-9-17(27-4)10-7-16/h5-13,15H,1-4H3,(H,22,24)/b12-8+/t15-/m1/s1. The summed E-state index contributed by atoms with van der Waals surface area (Å²) in [6.45, 7) is 3.44. The lowest BCUT2D eigenvalue weighted by atomic mass is 10.2. The van der Waals surface area contributed by atoms with Gasteiger partial charge in [-0.05, 0) is 61.6 Å². The van der Waals surface area contributed by atoms with Crippen LogP contribution in [0.5, 0.6) is 5.75 Å². The molecule has 0 unspecified atom stereocenters. The highest BCUT2D eigenvalue weighted by atomic mass is 32.2. The van der Waals surface area contributed by atoms with Crippen molar-refractivity contribution in [3.63, 3.8) is 0 Å².